The lowest BCUT2D eigenvalue weighted by atomic mass is 10.1. The highest BCUT2D eigenvalue weighted by Crippen LogP contribution is 2.33. The van der Waals surface area contributed by atoms with Crippen LogP contribution in [-0.2, 0) is 6.42 Å². The molecule has 2 rings (SSSR count). The summed E-state index contributed by atoms with van der Waals surface area (Å²) in [7, 11) is 1.54. The lowest BCUT2D eigenvalue weighted by molar-refractivity contribution is 0.0693. The van der Waals surface area contributed by atoms with E-state index >= 15 is 0 Å². The summed E-state index contributed by atoms with van der Waals surface area (Å²) < 4.78 is 11.5. The normalized spacial score (nSPS) is 10.2. The van der Waals surface area contributed by atoms with Gasteiger partial charge in [0.25, 0.3) is 0 Å². The number of ether oxygens (including phenoxy) is 2. The number of hydrogen-bond acceptors (Lipinski definition) is 4. The summed E-state index contributed by atoms with van der Waals surface area (Å²) >= 11 is 3.19. The van der Waals surface area contributed by atoms with Crippen LogP contribution in [0.2, 0.25) is 0 Å². The number of aromatic nitrogens is 1. The Labute approximate surface area is 130 Å². The fourth-order valence-electron chi connectivity index (χ4n) is 1.78. The van der Waals surface area contributed by atoms with Crippen LogP contribution in [-0.4, -0.2) is 23.2 Å². The first-order valence-corrected chi connectivity index (χ1v) is 7.08. The average Bonchev–Trinajstić information content (AvgIpc) is 2.49. The van der Waals surface area contributed by atoms with Crippen molar-refractivity contribution in [3.63, 3.8) is 0 Å². The molecule has 0 spiro atoms. The van der Waals surface area contributed by atoms with Gasteiger partial charge in [0.1, 0.15) is 5.56 Å². The zero-order chi connectivity index (χ0) is 15.4. The van der Waals surface area contributed by atoms with Gasteiger partial charge < -0.3 is 14.6 Å². The van der Waals surface area contributed by atoms with E-state index in [0.29, 0.717) is 16.0 Å². The number of benzene rings is 1. The second-order valence-electron chi connectivity index (χ2n) is 4.25. The molecule has 1 heterocycles. The van der Waals surface area contributed by atoms with Gasteiger partial charge in [-0.3, -0.25) is 0 Å². The number of pyridine rings is 1. The van der Waals surface area contributed by atoms with Crippen molar-refractivity contribution in [3.8, 4) is 17.4 Å². The number of carbonyl (C=O) groups is 1. The first-order chi connectivity index (χ1) is 10.0. The van der Waals surface area contributed by atoms with Crippen molar-refractivity contribution in [3.05, 3.63) is 46.1 Å². The number of carboxylic acid groups (broad SMARTS) is 1. The van der Waals surface area contributed by atoms with Gasteiger partial charge in [-0.15, -0.1) is 0 Å². The number of aryl methyl sites for hydroxylation is 1. The number of halogens is 1. The van der Waals surface area contributed by atoms with Crippen molar-refractivity contribution in [1.82, 2.24) is 4.98 Å². The Balaban J connectivity index is 2.40. The molecule has 21 heavy (non-hydrogen) atoms. The Kier molecular flexibility index (Phi) is 4.80. The number of carboxylic acids is 1. The monoisotopic (exact) mass is 351 g/mol. The molecule has 0 aliphatic carbocycles. The fourth-order valence-corrected chi connectivity index (χ4v) is 2.11. The topological polar surface area (TPSA) is 68.7 Å². The molecule has 0 fully saturated rings. The third-order valence-corrected chi connectivity index (χ3v) is 3.32. The van der Waals surface area contributed by atoms with Crippen LogP contribution in [0.3, 0.4) is 0 Å². The predicted molar refractivity (Wildman–Crippen MR) is 81.3 cm³/mol. The van der Waals surface area contributed by atoms with Crippen LogP contribution in [0.4, 0.5) is 0 Å². The summed E-state index contributed by atoms with van der Waals surface area (Å²) in [6, 6.07) is 6.94. The van der Waals surface area contributed by atoms with Gasteiger partial charge in [-0.05, 0) is 46.1 Å². The van der Waals surface area contributed by atoms with Gasteiger partial charge in [0.2, 0.25) is 5.88 Å². The quantitative estimate of drug-likeness (QED) is 0.884. The molecule has 0 amide bonds. The summed E-state index contributed by atoms with van der Waals surface area (Å²) in [5.74, 6) is -0.126. The SMILES string of the molecule is CCc1ccc(Oc2ncc(Br)cc2C(=O)O)c(OC)c1. The average molecular weight is 352 g/mol. The molecular weight excluding hydrogens is 338 g/mol. The number of nitrogens with zero attached hydrogens (tertiary/aromatic N) is 1. The minimum Gasteiger partial charge on any atom is -0.493 e. The largest absolute Gasteiger partial charge is 0.493 e. The zero-order valence-electron chi connectivity index (χ0n) is 11.6. The van der Waals surface area contributed by atoms with E-state index in [1.165, 1.54) is 19.4 Å². The molecule has 5 nitrogen and oxygen atoms in total. The first kappa shape index (κ1) is 15.3. The molecule has 0 atom stereocenters. The maximum absolute atomic E-state index is 11.2. The first-order valence-electron chi connectivity index (χ1n) is 6.28. The molecule has 0 saturated heterocycles. The molecule has 0 aliphatic rings. The molecule has 0 radical (unpaired) electrons. The van der Waals surface area contributed by atoms with Crippen molar-refractivity contribution in [2.45, 2.75) is 13.3 Å². The number of methoxy groups -OCH3 is 1. The summed E-state index contributed by atoms with van der Waals surface area (Å²) in [5, 5.41) is 9.20. The third-order valence-electron chi connectivity index (χ3n) is 2.89. The van der Waals surface area contributed by atoms with Gasteiger partial charge in [0.15, 0.2) is 11.5 Å². The van der Waals surface area contributed by atoms with E-state index in [9.17, 15) is 9.90 Å². The Morgan fingerprint density at radius 2 is 2.10 bits per heavy atom. The lowest BCUT2D eigenvalue weighted by Crippen LogP contribution is -2.03. The van der Waals surface area contributed by atoms with Crippen LogP contribution >= 0.6 is 15.9 Å². The van der Waals surface area contributed by atoms with Crippen molar-refractivity contribution in [2.75, 3.05) is 7.11 Å². The van der Waals surface area contributed by atoms with Gasteiger partial charge in [-0.2, -0.15) is 0 Å². The van der Waals surface area contributed by atoms with Gasteiger partial charge >= 0.3 is 5.97 Å². The van der Waals surface area contributed by atoms with Crippen molar-refractivity contribution < 1.29 is 19.4 Å². The van der Waals surface area contributed by atoms with Gasteiger partial charge in [0, 0.05) is 10.7 Å². The number of rotatable bonds is 5. The molecule has 1 aromatic carbocycles. The molecule has 0 aliphatic heterocycles. The van der Waals surface area contributed by atoms with Gasteiger partial charge in [-0.25, -0.2) is 9.78 Å². The zero-order valence-corrected chi connectivity index (χ0v) is 13.2. The Bertz CT molecular complexity index is 673. The maximum atomic E-state index is 11.2. The summed E-state index contributed by atoms with van der Waals surface area (Å²) in [5.41, 5.74) is 1.08. The van der Waals surface area contributed by atoms with E-state index < -0.39 is 5.97 Å². The van der Waals surface area contributed by atoms with E-state index in [1.54, 1.807) is 6.07 Å². The maximum Gasteiger partial charge on any atom is 0.341 e. The fraction of sp³-hybridized carbons (Fsp3) is 0.200. The molecule has 0 saturated carbocycles. The highest BCUT2D eigenvalue weighted by Gasteiger charge is 2.16. The molecule has 0 bridgehead atoms. The highest BCUT2D eigenvalue weighted by atomic mass is 79.9. The van der Waals surface area contributed by atoms with Crippen molar-refractivity contribution in [1.29, 1.82) is 0 Å². The van der Waals surface area contributed by atoms with Crippen molar-refractivity contribution >= 4 is 21.9 Å². The molecule has 0 unspecified atom stereocenters. The van der Waals surface area contributed by atoms with E-state index in [1.807, 2.05) is 19.1 Å². The van der Waals surface area contributed by atoms with Crippen LogP contribution in [0.1, 0.15) is 22.8 Å². The van der Waals surface area contributed by atoms with E-state index in [4.69, 9.17) is 9.47 Å². The van der Waals surface area contributed by atoms with E-state index in [2.05, 4.69) is 20.9 Å². The Morgan fingerprint density at radius 3 is 2.71 bits per heavy atom. The summed E-state index contributed by atoms with van der Waals surface area (Å²) in [6.07, 6.45) is 2.35. The molecular formula is C15H14BrNO4. The molecule has 2 aromatic rings. The minimum absolute atomic E-state index is 0.0215. The highest BCUT2D eigenvalue weighted by molar-refractivity contribution is 9.10. The van der Waals surface area contributed by atoms with Crippen LogP contribution in [0.15, 0.2) is 34.9 Å². The van der Waals surface area contributed by atoms with Crippen molar-refractivity contribution in [2.24, 2.45) is 0 Å². The number of hydrogen-bond donors (Lipinski definition) is 1. The molecule has 1 N–H and O–H groups in total. The van der Waals surface area contributed by atoms with E-state index in [0.717, 1.165) is 12.0 Å². The van der Waals surface area contributed by atoms with Crippen LogP contribution in [0, 0.1) is 0 Å². The molecule has 1 aromatic heterocycles. The predicted octanol–water partition coefficient (Wildman–Crippen LogP) is 3.91. The lowest BCUT2D eigenvalue weighted by Gasteiger charge is -2.12. The standard InChI is InChI=1S/C15H14BrNO4/c1-3-9-4-5-12(13(6-9)20-2)21-14-11(15(18)19)7-10(16)8-17-14/h4-8H,3H2,1-2H3,(H,18,19). The van der Waals surface area contributed by atoms with Gasteiger partial charge in [0.05, 0.1) is 7.11 Å². The molecule has 110 valence electrons. The van der Waals surface area contributed by atoms with Crippen LogP contribution in [0.5, 0.6) is 17.4 Å². The third kappa shape index (κ3) is 3.52. The number of aromatic carboxylic acids is 1. The second kappa shape index (κ2) is 6.58. The molecule has 6 heteroatoms. The second-order valence-corrected chi connectivity index (χ2v) is 5.17. The van der Waals surface area contributed by atoms with Crippen LogP contribution in [0.25, 0.3) is 0 Å². The van der Waals surface area contributed by atoms with E-state index in [-0.39, 0.29) is 11.4 Å². The summed E-state index contributed by atoms with van der Waals surface area (Å²) in [4.78, 5) is 15.3. The van der Waals surface area contributed by atoms with Gasteiger partial charge in [-0.1, -0.05) is 13.0 Å². The van der Waals surface area contributed by atoms with Crippen LogP contribution < -0.4 is 9.47 Å². The minimum atomic E-state index is -1.11. The summed E-state index contributed by atoms with van der Waals surface area (Å²) in [6.45, 7) is 2.04. The Morgan fingerprint density at radius 1 is 1.33 bits per heavy atom. The smallest absolute Gasteiger partial charge is 0.341 e. The Hall–Kier alpha value is -2.08.